The monoisotopic (exact) mass is 356 g/mol. The van der Waals surface area contributed by atoms with E-state index in [1.807, 2.05) is 25.1 Å². The Morgan fingerprint density at radius 2 is 1.88 bits per heavy atom. The van der Waals surface area contributed by atoms with Crippen molar-refractivity contribution in [3.8, 4) is 0 Å². The molecular weight excluding hydrogens is 324 g/mol. The molecule has 0 aliphatic heterocycles. The number of nitrogens with one attached hydrogen (secondary N) is 3. The molecule has 0 radical (unpaired) electrons. The van der Waals surface area contributed by atoms with Crippen LogP contribution in [0.3, 0.4) is 0 Å². The molecule has 2 rings (SSSR count). The number of aryl methyl sites for hydroxylation is 3. The zero-order valence-electron chi connectivity index (χ0n) is 16.3. The molecule has 0 atom stereocenters. The molecule has 0 saturated heterocycles. The topological polar surface area (TPSA) is 66.3 Å². The van der Waals surface area contributed by atoms with E-state index in [0.29, 0.717) is 0 Å². The van der Waals surface area contributed by atoms with Crippen molar-refractivity contribution >= 4 is 11.6 Å². The van der Waals surface area contributed by atoms with Crippen LogP contribution in [0.4, 0.5) is 5.69 Å². The lowest BCUT2D eigenvalue weighted by atomic mass is 10.3. The quantitative estimate of drug-likeness (QED) is 0.348. The Labute approximate surface area is 157 Å². The molecule has 1 heterocycles. The summed E-state index contributed by atoms with van der Waals surface area (Å²) in [4.78, 5) is 4.65. The fraction of sp³-hybridized carbons (Fsp3) is 0.500. The highest BCUT2D eigenvalue weighted by atomic mass is 15.3. The van der Waals surface area contributed by atoms with E-state index in [9.17, 15) is 0 Å². The lowest BCUT2D eigenvalue weighted by Crippen LogP contribution is -2.38. The van der Waals surface area contributed by atoms with E-state index in [0.717, 1.165) is 62.9 Å². The van der Waals surface area contributed by atoms with Crippen LogP contribution in [0.25, 0.3) is 0 Å². The highest BCUT2D eigenvalue weighted by molar-refractivity contribution is 5.79. The zero-order valence-corrected chi connectivity index (χ0v) is 16.3. The van der Waals surface area contributed by atoms with Gasteiger partial charge >= 0.3 is 0 Å². The molecule has 0 aliphatic rings. The van der Waals surface area contributed by atoms with E-state index in [-0.39, 0.29) is 0 Å². The van der Waals surface area contributed by atoms with Crippen LogP contribution in [0.5, 0.6) is 0 Å². The number of benzene rings is 1. The van der Waals surface area contributed by atoms with Gasteiger partial charge in [0.05, 0.1) is 5.69 Å². The van der Waals surface area contributed by atoms with Gasteiger partial charge < -0.3 is 16.0 Å². The van der Waals surface area contributed by atoms with Gasteiger partial charge in [0.25, 0.3) is 0 Å². The van der Waals surface area contributed by atoms with Crippen LogP contribution >= 0.6 is 0 Å². The predicted octanol–water partition coefficient (Wildman–Crippen LogP) is 2.95. The molecule has 0 spiro atoms. The molecule has 6 heteroatoms. The largest absolute Gasteiger partial charge is 0.385 e. The molecule has 6 nitrogen and oxygen atoms in total. The van der Waals surface area contributed by atoms with Crippen molar-refractivity contribution in [2.24, 2.45) is 4.99 Å². The second-order valence-electron chi connectivity index (χ2n) is 6.34. The van der Waals surface area contributed by atoms with Crippen molar-refractivity contribution in [1.82, 2.24) is 20.4 Å². The Bertz CT molecular complexity index is 662. The maximum atomic E-state index is 4.65. The maximum Gasteiger partial charge on any atom is 0.191 e. The van der Waals surface area contributed by atoms with Gasteiger partial charge in [-0.25, -0.2) is 0 Å². The first-order valence-electron chi connectivity index (χ1n) is 9.51. The highest BCUT2D eigenvalue weighted by Crippen LogP contribution is 2.04. The second-order valence-corrected chi connectivity index (χ2v) is 6.34. The highest BCUT2D eigenvalue weighted by Gasteiger charge is 2.01. The van der Waals surface area contributed by atoms with E-state index in [2.05, 4.69) is 62.8 Å². The molecule has 0 aliphatic carbocycles. The van der Waals surface area contributed by atoms with Crippen LogP contribution in [-0.2, 0) is 6.54 Å². The molecule has 1 aromatic heterocycles. The number of guanidine groups is 1. The lowest BCUT2D eigenvalue weighted by molar-refractivity contribution is 0.567. The summed E-state index contributed by atoms with van der Waals surface area (Å²) in [5.74, 6) is 0.889. The number of rotatable bonds is 10. The standard InChI is InChI=1S/C20H32N6/c1-4-21-20(23-13-8-12-22-19-10-6-5-7-11-19)24-14-9-15-26-18(3)16-17(2)25-26/h5-7,10-11,16,22H,4,8-9,12-15H2,1-3H3,(H2,21,23,24). The minimum Gasteiger partial charge on any atom is -0.385 e. The van der Waals surface area contributed by atoms with Crippen LogP contribution in [0.2, 0.25) is 0 Å². The van der Waals surface area contributed by atoms with Gasteiger partial charge in [-0.15, -0.1) is 0 Å². The molecular formula is C20H32N6. The lowest BCUT2D eigenvalue weighted by Gasteiger charge is -2.12. The van der Waals surface area contributed by atoms with E-state index in [1.165, 1.54) is 5.69 Å². The van der Waals surface area contributed by atoms with Gasteiger partial charge in [-0.2, -0.15) is 5.10 Å². The summed E-state index contributed by atoms with van der Waals surface area (Å²) in [6, 6.07) is 12.4. The summed E-state index contributed by atoms with van der Waals surface area (Å²) >= 11 is 0. The Morgan fingerprint density at radius 1 is 1.08 bits per heavy atom. The van der Waals surface area contributed by atoms with Gasteiger partial charge in [-0.3, -0.25) is 9.67 Å². The number of para-hydroxylation sites is 1. The Morgan fingerprint density at radius 3 is 2.58 bits per heavy atom. The summed E-state index contributed by atoms with van der Waals surface area (Å²) in [7, 11) is 0. The summed E-state index contributed by atoms with van der Waals surface area (Å²) in [5.41, 5.74) is 3.45. The van der Waals surface area contributed by atoms with E-state index in [4.69, 9.17) is 0 Å². The smallest absolute Gasteiger partial charge is 0.191 e. The third kappa shape index (κ3) is 7.17. The molecule has 0 amide bonds. The van der Waals surface area contributed by atoms with E-state index in [1.54, 1.807) is 0 Å². The fourth-order valence-electron chi connectivity index (χ4n) is 2.74. The van der Waals surface area contributed by atoms with Crippen LogP contribution in [-0.4, -0.2) is 41.9 Å². The molecule has 0 fully saturated rings. The van der Waals surface area contributed by atoms with Crippen molar-refractivity contribution in [3.63, 3.8) is 0 Å². The number of hydrogen-bond acceptors (Lipinski definition) is 3. The first-order chi connectivity index (χ1) is 12.7. The van der Waals surface area contributed by atoms with Crippen molar-refractivity contribution in [1.29, 1.82) is 0 Å². The molecule has 0 unspecified atom stereocenters. The van der Waals surface area contributed by atoms with Gasteiger partial charge in [-0.1, -0.05) is 18.2 Å². The van der Waals surface area contributed by atoms with Crippen LogP contribution < -0.4 is 16.0 Å². The number of aromatic nitrogens is 2. The van der Waals surface area contributed by atoms with Crippen LogP contribution in [0.1, 0.15) is 31.2 Å². The summed E-state index contributed by atoms with van der Waals surface area (Å²) in [5, 5.41) is 14.6. The van der Waals surface area contributed by atoms with Crippen molar-refractivity contribution in [2.45, 2.75) is 40.2 Å². The average Bonchev–Trinajstić information content (AvgIpc) is 2.96. The van der Waals surface area contributed by atoms with Gasteiger partial charge in [-0.05, 0) is 51.8 Å². The minimum atomic E-state index is 0.788. The zero-order chi connectivity index (χ0) is 18.6. The number of hydrogen-bond donors (Lipinski definition) is 3. The van der Waals surface area contributed by atoms with Crippen molar-refractivity contribution < 1.29 is 0 Å². The van der Waals surface area contributed by atoms with Gasteiger partial charge in [0.15, 0.2) is 5.96 Å². The summed E-state index contributed by atoms with van der Waals surface area (Å²) in [6.07, 6.45) is 2.01. The Balaban J connectivity index is 1.64. The molecule has 142 valence electrons. The SMILES string of the molecule is CCNC(=NCCCn1nc(C)cc1C)NCCCNc1ccccc1. The van der Waals surface area contributed by atoms with Crippen LogP contribution in [0, 0.1) is 13.8 Å². The number of anilines is 1. The fourth-order valence-corrected chi connectivity index (χ4v) is 2.74. The molecule has 26 heavy (non-hydrogen) atoms. The third-order valence-electron chi connectivity index (χ3n) is 3.99. The van der Waals surface area contributed by atoms with E-state index < -0.39 is 0 Å². The predicted molar refractivity (Wildman–Crippen MR) is 110 cm³/mol. The average molecular weight is 357 g/mol. The second kappa shape index (κ2) is 11.2. The molecule has 2 aromatic rings. The summed E-state index contributed by atoms with van der Waals surface area (Å²) in [6.45, 7) is 10.6. The van der Waals surface area contributed by atoms with E-state index >= 15 is 0 Å². The summed E-state index contributed by atoms with van der Waals surface area (Å²) < 4.78 is 2.06. The first kappa shape index (κ1) is 19.8. The van der Waals surface area contributed by atoms with Crippen molar-refractivity contribution in [2.75, 3.05) is 31.5 Å². The molecule has 0 saturated carbocycles. The normalized spacial score (nSPS) is 11.4. The van der Waals surface area contributed by atoms with Gasteiger partial charge in [0.1, 0.15) is 0 Å². The van der Waals surface area contributed by atoms with Gasteiger partial charge in [0, 0.05) is 44.1 Å². The third-order valence-corrected chi connectivity index (χ3v) is 3.99. The Hall–Kier alpha value is -2.50. The molecule has 0 bridgehead atoms. The minimum absolute atomic E-state index is 0.788. The number of nitrogens with zero attached hydrogens (tertiary/aromatic N) is 3. The maximum absolute atomic E-state index is 4.65. The molecule has 3 N–H and O–H groups in total. The first-order valence-corrected chi connectivity index (χ1v) is 9.51. The van der Waals surface area contributed by atoms with Crippen molar-refractivity contribution in [3.05, 3.63) is 47.8 Å². The molecule has 1 aromatic carbocycles. The van der Waals surface area contributed by atoms with Crippen LogP contribution in [0.15, 0.2) is 41.4 Å². The number of aliphatic imine (C=N–C) groups is 1. The van der Waals surface area contributed by atoms with Gasteiger partial charge in [0.2, 0.25) is 0 Å². The Kier molecular flexibility index (Phi) is 8.52.